The highest BCUT2D eigenvalue weighted by Crippen LogP contribution is 2.21. The second kappa shape index (κ2) is 4.49. The molecule has 0 radical (unpaired) electrons. The number of fused-ring (bicyclic) bond motifs is 1. The maximum atomic E-state index is 13.6. The molecule has 2 rings (SSSR count). The quantitative estimate of drug-likeness (QED) is 0.881. The summed E-state index contributed by atoms with van der Waals surface area (Å²) >= 11 is 0. The van der Waals surface area contributed by atoms with E-state index in [2.05, 4.69) is 4.98 Å². The Morgan fingerprint density at radius 2 is 2.24 bits per heavy atom. The normalized spacial score (nSPS) is 10.7. The fourth-order valence-electron chi connectivity index (χ4n) is 1.89. The number of benzene rings is 1. The predicted molar refractivity (Wildman–Crippen MR) is 64.0 cm³/mol. The van der Waals surface area contributed by atoms with Crippen LogP contribution in [0.25, 0.3) is 10.9 Å². The summed E-state index contributed by atoms with van der Waals surface area (Å²) in [6, 6.07) is 6.70. The van der Waals surface area contributed by atoms with Crippen molar-refractivity contribution in [2.75, 3.05) is 0 Å². The Kier molecular flexibility index (Phi) is 3.04. The summed E-state index contributed by atoms with van der Waals surface area (Å²) in [6.45, 7) is 1.81. The lowest BCUT2D eigenvalue weighted by Crippen LogP contribution is -2.11. The third-order valence-corrected chi connectivity index (χ3v) is 2.64. The zero-order chi connectivity index (χ0) is 12.4. The smallest absolute Gasteiger partial charge is 0.217 e. The van der Waals surface area contributed by atoms with Crippen LogP contribution in [0.1, 0.15) is 17.7 Å². The van der Waals surface area contributed by atoms with Gasteiger partial charge in [-0.1, -0.05) is 12.1 Å². The molecular weight excluding hydrogens is 219 g/mol. The van der Waals surface area contributed by atoms with Crippen LogP contribution in [0, 0.1) is 12.7 Å². The van der Waals surface area contributed by atoms with E-state index in [4.69, 9.17) is 5.73 Å². The molecule has 2 aromatic rings. The van der Waals surface area contributed by atoms with Crippen molar-refractivity contribution >= 4 is 16.8 Å². The molecule has 3 nitrogen and oxygen atoms in total. The van der Waals surface area contributed by atoms with Gasteiger partial charge in [-0.15, -0.1) is 0 Å². The van der Waals surface area contributed by atoms with Gasteiger partial charge in [-0.25, -0.2) is 4.39 Å². The monoisotopic (exact) mass is 232 g/mol. The molecule has 88 valence electrons. The van der Waals surface area contributed by atoms with Crippen LogP contribution in [0.4, 0.5) is 4.39 Å². The highest BCUT2D eigenvalue weighted by Gasteiger charge is 2.08. The van der Waals surface area contributed by atoms with Crippen LogP contribution in [0.3, 0.4) is 0 Å². The minimum Gasteiger partial charge on any atom is -0.370 e. The summed E-state index contributed by atoms with van der Waals surface area (Å²) in [7, 11) is 0. The molecular formula is C13H13FN2O. The number of primary amides is 1. The summed E-state index contributed by atoms with van der Waals surface area (Å²) in [5.41, 5.74) is 7.12. The molecule has 17 heavy (non-hydrogen) atoms. The summed E-state index contributed by atoms with van der Waals surface area (Å²) in [5, 5.41) is 0.747. The van der Waals surface area contributed by atoms with Gasteiger partial charge in [0.05, 0.1) is 0 Å². The third-order valence-electron chi connectivity index (χ3n) is 2.64. The number of carbonyl (C=O) groups excluding carboxylic acids is 1. The Morgan fingerprint density at radius 3 is 2.94 bits per heavy atom. The van der Waals surface area contributed by atoms with E-state index in [-0.39, 0.29) is 18.1 Å². The van der Waals surface area contributed by atoms with Crippen LogP contribution in [-0.2, 0) is 11.2 Å². The van der Waals surface area contributed by atoms with Gasteiger partial charge in [0.25, 0.3) is 0 Å². The van der Waals surface area contributed by atoms with Crippen LogP contribution in [-0.4, -0.2) is 10.9 Å². The van der Waals surface area contributed by atoms with Crippen molar-refractivity contribution < 1.29 is 9.18 Å². The number of para-hydroxylation sites is 1. The standard InChI is InChI=1S/C13H13FN2O/c1-8-7-9(5-6-12(15)17)10-3-2-4-11(14)13(10)16-8/h2-4,7H,5-6H2,1H3,(H2,15,17). The molecule has 1 heterocycles. The summed E-state index contributed by atoms with van der Waals surface area (Å²) in [6.07, 6.45) is 0.772. The zero-order valence-electron chi connectivity index (χ0n) is 9.53. The highest BCUT2D eigenvalue weighted by molar-refractivity contribution is 5.83. The minimum atomic E-state index is -0.357. The molecule has 0 unspecified atom stereocenters. The number of amides is 1. The van der Waals surface area contributed by atoms with Crippen molar-refractivity contribution in [3.8, 4) is 0 Å². The van der Waals surface area contributed by atoms with Gasteiger partial charge >= 0.3 is 0 Å². The summed E-state index contributed by atoms with van der Waals surface area (Å²) in [4.78, 5) is 15.0. The van der Waals surface area contributed by atoms with Gasteiger partial charge in [-0.05, 0) is 31.0 Å². The molecule has 0 bridgehead atoms. The third kappa shape index (κ3) is 2.41. The maximum Gasteiger partial charge on any atom is 0.217 e. The SMILES string of the molecule is Cc1cc(CCC(N)=O)c2cccc(F)c2n1. The number of nitrogens with two attached hydrogens (primary N) is 1. The summed E-state index contributed by atoms with van der Waals surface area (Å²) < 4.78 is 13.6. The van der Waals surface area contributed by atoms with Gasteiger partial charge in [0, 0.05) is 17.5 Å². The van der Waals surface area contributed by atoms with Crippen molar-refractivity contribution in [2.45, 2.75) is 19.8 Å². The van der Waals surface area contributed by atoms with Crippen molar-refractivity contribution in [3.63, 3.8) is 0 Å². The first kappa shape index (κ1) is 11.5. The number of carbonyl (C=O) groups is 1. The number of nitrogens with zero attached hydrogens (tertiary/aromatic N) is 1. The second-order valence-corrected chi connectivity index (χ2v) is 4.03. The van der Waals surface area contributed by atoms with E-state index in [1.165, 1.54) is 6.07 Å². The molecule has 0 aliphatic carbocycles. The molecule has 1 aromatic carbocycles. The van der Waals surface area contributed by atoms with Gasteiger partial charge < -0.3 is 5.73 Å². The second-order valence-electron chi connectivity index (χ2n) is 4.03. The maximum absolute atomic E-state index is 13.6. The number of aromatic nitrogens is 1. The van der Waals surface area contributed by atoms with Crippen LogP contribution in [0.2, 0.25) is 0 Å². The Hall–Kier alpha value is -1.97. The number of aryl methyl sites for hydroxylation is 2. The number of pyridine rings is 1. The van der Waals surface area contributed by atoms with E-state index in [0.29, 0.717) is 11.9 Å². The first-order valence-corrected chi connectivity index (χ1v) is 5.41. The van der Waals surface area contributed by atoms with Crippen LogP contribution in [0.15, 0.2) is 24.3 Å². The lowest BCUT2D eigenvalue weighted by Gasteiger charge is -2.07. The molecule has 2 N–H and O–H groups in total. The fourth-order valence-corrected chi connectivity index (χ4v) is 1.89. The first-order chi connectivity index (χ1) is 8.08. The average molecular weight is 232 g/mol. The zero-order valence-corrected chi connectivity index (χ0v) is 9.53. The minimum absolute atomic E-state index is 0.259. The summed E-state index contributed by atoms with van der Waals surface area (Å²) in [5.74, 6) is -0.699. The molecule has 0 atom stereocenters. The van der Waals surface area contributed by atoms with E-state index in [1.54, 1.807) is 19.1 Å². The van der Waals surface area contributed by atoms with Gasteiger partial charge in [-0.3, -0.25) is 9.78 Å². The fraction of sp³-hybridized carbons (Fsp3) is 0.231. The Labute approximate surface area is 98.5 Å². The number of halogens is 1. The number of hydrogen-bond acceptors (Lipinski definition) is 2. The van der Waals surface area contributed by atoms with E-state index >= 15 is 0 Å². The van der Waals surface area contributed by atoms with E-state index < -0.39 is 0 Å². The Bertz CT molecular complexity index is 581. The Morgan fingerprint density at radius 1 is 1.47 bits per heavy atom. The van der Waals surface area contributed by atoms with E-state index in [0.717, 1.165) is 16.6 Å². The Balaban J connectivity index is 2.54. The number of rotatable bonds is 3. The average Bonchev–Trinajstić information content (AvgIpc) is 2.27. The van der Waals surface area contributed by atoms with E-state index in [9.17, 15) is 9.18 Å². The molecule has 0 aliphatic rings. The van der Waals surface area contributed by atoms with E-state index in [1.807, 2.05) is 6.07 Å². The van der Waals surface area contributed by atoms with Crippen molar-refractivity contribution in [1.82, 2.24) is 4.98 Å². The topological polar surface area (TPSA) is 56.0 Å². The largest absolute Gasteiger partial charge is 0.370 e. The molecule has 0 spiro atoms. The van der Waals surface area contributed by atoms with Gasteiger partial charge in [0.15, 0.2) is 0 Å². The molecule has 0 saturated heterocycles. The van der Waals surface area contributed by atoms with Gasteiger partial charge in [0.2, 0.25) is 5.91 Å². The van der Waals surface area contributed by atoms with Gasteiger partial charge in [0.1, 0.15) is 11.3 Å². The first-order valence-electron chi connectivity index (χ1n) is 5.41. The van der Waals surface area contributed by atoms with Crippen LogP contribution in [0.5, 0.6) is 0 Å². The van der Waals surface area contributed by atoms with Crippen molar-refractivity contribution in [1.29, 1.82) is 0 Å². The lowest BCUT2D eigenvalue weighted by molar-refractivity contribution is -0.117. The molecule has 0 fully saturated rings. The molecule has 4 heteroatoms. The lowest BCUT2D eigenvalue weighted by atomic mass is 10.0. The van der Waals surface area contributed by atoms with Crippen molar-refractivity contribution in [3.05, 3.63) is 41.3 Å². The van der Waals surface area contributed by atoms with Crippen molar-refractivity contribution in [2.24, 2.45) is 5.73 Å². The highest BCUT2D eigenvalue weighted by atomic mass is 19.1. The number of hydrogen-bond donors (Lipinski definition) is 1. The van der Waals surface area contributed by atoms with Gasteiger partial charge in [-0.2, -0.15) is 0 Å². The predicted octanol–water partition coefficient (Wildman–Crippen LogP) is 2.10. The van der Waals surface area contributed by atoms with Crippen LogP contribution >= 0.6 is 0 Å². The van der Waals surface area contributed by atoms with Crippen LogP contribution < -0.4 is 5.73 Å². The molecule has 0 saturated carbocycles. The molecule has 1 aromatic heterocycles. The molecule has 0 aliphatic heterocycles. The molecule has 1 amide bonds.